The zero-order valence-corrected chi connectivity index (χ0v) is 13.0. The van der Waals surface area contributed by atoms with E-state index in [0.29, 0.717) is 5.56 Å². The molecule has 0 radical (unpaired) electrons. The Morgan fingerprint density at radius 1 is 1.10 bits per heavy atom. The smallest absolute Gasteiger partial charge is 0.259 e. The van der Waals surface area contributed by atoms with Gasteiger partial charge in [0, 0.05) is 18.4 Å². The SMILES string of the molecule is Cc1cc(C)c(NC(=O)c2c(C)nn(C)c2C)c(C)c1. The van der Waals surface area contributed by atoms with E-state index < -0.39 is 0 Å². The molecule has 1 aromatic carbocycles. The van der Waals surface area contributed by atoms with Crippen molar-refractivity contribution in [1.29, 1.82) is 0 Å². The van der Waals surface area contributed by atoms with Gasteiger partial charge in [0.25, 0.3) is 5.91 Å². The first-order chi connectivity index (χ1) is 9.31. The Balaban J connectivity index is 2.38. The topological polar surface area (TPSA) is 46.9 Å². The van der Waals surface area contributed by atoms with Crippen LogP contribution in [0.2, 0.25) is 0 Å². The van der Waals surface area contributed by atoms with E-state index >= 15 is 0 Å². The highest BCUT2D eigenvalue weighted by molar-refractivity contribution is 6.06. The van der Waals surface area contributed by atoms with E-state index in [4.69, 9.17) is 0 Å². The number of carbonyl (C=O) groups excluding carboxylic acids is 1. The Labute approximate surface area is 119 Å². The molecule has 0 saturated heterocycles. The van der Waals surface area contributed by atoms with Gasteiger partial charge < -0.3 is 5.32 Å². The highest BCUT2D eigenvalue weighted by Gasteiger charge is 2.18. The summed E-state index contributed by atoms with van der Waals surface area (Å²) in [5, 5.41) is 7.31. The standard InChI is InChI=1S/C16H21N3O/c1-9-7-10(2)15(11(3)8-9)17-16(20)14-12(4)18-19(6)13(14)5/h7-8H,1-6H3,(H,17,20). The highest BCUT2D eigenvalue weighted by Crippen LogP contribution is 2.23. The molecule has 2 aromatic rings. The Morgan fingerprint density at radius 3 is 2.10 bits per heavy atom. The third-order valence-corrected chi connectivity index (χ3v) is 3.65. The zero-order chi connectivity index (χ0) is 15.0. The van der Waals surface area contributed by atoms with Crippen molar-refractivity contribution < 1.29 is 4.79 Å². The van der Waals surface area contributed by atoms with Crippen molar-refractivity contribution in [2.45, 2.75) is 34.6 Å². The van der Waals surface area contributed by atoms with Gasteiger partial charge in [-0.25, -0.2) is 0 Å². The molecule has 0 aliphatic rings. The van der Waals surface area contributed by atoms with E-state index in [2.05, 4.69) is 29.5 Å². The summed E-state index contributed by atoms with van der Waals surface area (Å²) in [5.41, 5.74) is 6.54. The Morgan fingerprint density at radius 2 is 1.65 bits per heavy atom. The van der Waals surface area contributed by atoms with Crippen LogP contribution in [0.25, 0.3) is 0 Å². The number of nitrogens with one attached hydrogen (secondary N) is 1. The van der Waals surface area contributed by atoms with Crippen LogP contribution < -0.4 is 5.32 Å². The van der Waals surface area contributed by atoms with Gasteiger partial charge in [0.1, 0.15) is 0 Å². The molecule has 0 unspecified atom stereocenters. The molecule has 2 rings (SSSR count). The third-order valence-electron chi connectivity index (χ3n) is 3.65. The molecule has 0 aliphatic heterocycles. The van der Waals surface area contributed by atoms with E-state index in [0.717, 1.165) is 28.2 Å². The molecule has 0 spiro atoms. The van der Waals surface area contributed by atoms with Crippen LogP contribution >= 0.6 is 0 Å². The van der Waals surface area contributed by atoms with Crippen LogP contribution in [0, 0.1) is 34.6 Å². The number of benzene rings is 1. The first kappa shape index (κ1) is 14.3. The lowest BCUT2D eigenvalue weighted by molar-refractivity contribution is 0.102. The zero-order valence-electron chi connectivity index (χ0n) is 13.0. The van der Waals surface area contributed by atoms with Gasteiger partial charge in [-0.3, -0.25) is 9.48 Å². The number of rotatable bonds is 2. The molecule has 0 saturated carbocycles. The van der Waals surface area contributed by atoms with E-state index in [-0.39, 0.29) is 5.91 Å². The predicted molar refractivity (Wildman–Crippen MR) is 81.3 cm³/mol. The van der Waals surface area contributed by atoms with Crippen LogP contribution in [0.1, 0.15) is 38.4 Å². The van der Waals surface area contributed by atoms with Crippen LogP contribution in [0.3, 0.4) is 0 Å². The van der Waals surface area contributed by atoms with Crippen molar-refractivity contribution in [3.8, 4) is 0 Å². The molecule has 0 atom stereocenters. The summed E-state index contributed by atoms with van der Waals surface area (Å²) in [6.07, 6.45) is 0. The first-order valence-corrected chi connectivity index (χ1v) is 6.70. The van der Waals surface area contributed by atoms with Gasteiger partial charge >= 0.3 is 0 Å². The summed E-state index contributed by atoms with van der Waals surface area (Å²) < 4.78 is 1.74. The van der Waals surface area contributed by atoms with Crippen molar-refractivity contribution in [2.24, 2.45) is 7.05 Å². The maximum absolute atomic E-state index is 12.5. The van der Waals surface area contributed by atoms with Crippen LogP contribution in [-0.2, 0) is 7.05 Å². The summed E-state index contributed by atoms with van der Waals surface area (Å²) in [4.78, 5) is 12.5. The van der Waals surface area contributed by atoms with Crippen molar-refractivity contribution in [2.75, 3.05) is 5.32 Å². The van der Waals surface area contributed by atoms with Crippen LogP contribution in [0.4, 0.5) is 5.69 Å². The number of hydrogen-bond donors (Lipinski definition) is 1. The molecular weight excluding hydrogens is 250 g/mol. The maximum Gasteiger partial charge on any atom is 0.259 e. The monoisotopic (exact) mass is 271 g/mol. The highest BCUT2D eigenvalue weighted by atomic mass is 16.1. The lowest BCUT2D eigenvalue weighted by atomic mass is 10.0. The van der Waals surface area contributed by atoms with Crippen molar-refractivity contribution >= 4 is 11.6 Å². The Bertz CT molecular complexity index is 660. The molecule has 0 bridgehead atoms. The van der Waals surface area contributed by atoms with Gasteiger partial charge in [0.15, 0.2) is 0 Å². The number of nitrogens with zero attached hydrogens (tertiary/aromatic N) is 2. The lowest BCUT2D eigenvalue weighted by Crippen LogP contribution is -2.15. The Kier molecular flexibility index (Phi) is 3.66. The molecule has 4 nitrogen and oxygen atoms in total. The lowest BCUT2D eigenvalue weighted by Gasteiger charge is -2.13. The van der Waals surface area contributed by atoms with E-state index in [1.165, 1.54) is 5.56 Å². The normalized spacial score (nSPS) is 10.7. The number of anilines is 1. The fraction of sp³-hybridized carbons (Fsp3) is 0.375. The minimum absolute atomic E-state index is 0.0943. The molecular formula is C16H21N3O. The average Bonchev–Trinajstić information content (AvgIpc) is 2.58. The molecule has 20 heavy (non-hydrogen) atoms. The van der Waals surface area contributed by atoms with Gasteiger partial charge in [-0.1, -0.05) is 17.7 Å². The van der Waals surface area contributed by atoms with Gasteiger partial charge in [-0.2, -0.15) is 5.10 Å². The fourth-order valence-electron chi connectivity index (χ4n) is 2.66. The second-order valence-electron chi connectivity index (χ2n) is 5.40. The molecule has 1 aromatic heterocycles. The average molecular weight is 271 g/mol. The molecule has 1 N–H and O–H groups in total. The molecule has 0 aliphatic carbocycles. The number of hydrogen-bond acceptors (Lipinski definition) is 2. The predicted octanol–water partition coefficient (Wildman–Crippen LogP) is 3.21. The van der Waals surface area contributed by atoms with Crippen molar-refractivity contribution in [3.63, 3.8) is 0 Å². The van der Waals surface area contributed by atoms with E-state index in [1.807, 2.05) is 34.7 Å². The number of aryl methyl sites for hydroxylation is 5. The second-order valence-corrected chi connectivity index (χ2v) is 5.40. The molecule has 0 fully saturated rings. The number of amides is 1. The van der Waals surface area contributed by atoms with E-state index in [9.17, 15) is 4.79 Å². The first-order valence-electron chi connectivity index (χ1n) is 6.70. The fourth-order valence-corrected chi connectivity index (χ4v) is 2.66. The number of carbonyl (C=O) groups is 1. The van der Waals surface area contributed by atoms with Gasteiger partial charge in [0.05, 0.1) is 11.3 Å². The van der Waals surface area contributed by atoms with Crippen LogP contribution in [0.5, 0.6) is 0 Å². The molecule has 4 heteroatoms. The summed E-state index contributed by atoms with van der Waals surface area (Å²) >= 11 is 0. The maximum atomic E-state index is 12.5. The third kappa shape index (κ3) is 2.46. The molecule has 1 amide bonds. The number of aromatic nitrogens is 2. The van der Waals surface area contributed by atoms with Crippen molar-refractivity contribution in [1.82, 2.24) is 9.78 Å². The van der Waals surface area contributed by atoms with Gasteiger partial charge in [-0.15, -0.1) is 0 Å². The Hall–Kier alpha value is -2.10. The largest absolute Gasteiger partial charge is 0.321 e. The second kappa shape index (κ2) is 5.12. The minimum atomic E-state index is -0.0943. The van der Waals surface area contributed by atoms with Crippen LogP contribution in [0.15, 0.2) is 12.1 Å². The van der Waals surface area contributed by atoms with Gasteiger partial charge in [-0.05, 0) is 45.7 Å². The quantitative estimate of drug-likeness (QED) is 0.911. The summed E-state index contributed by atoms with van der Waals surface area (Å²) in [6.45, 7) is 9.85. The molecule has 1 heterocycles. The van der Waals surface area contributed by atoms with Gasteiger partial charge in [0.2, 0.25) is 0 Å². The van der Waals surface area contributed by atoms with E-state index in [1.54, 1.807) is 4.68 Å². The molecule has 106 valence electrons. The summed E-state index contributed by atoms with van der Waals surface area (Å²) in [7, 11) is 1.85. The summed E-state index contributed by atoms with van der Waals surface area (Å²) in [5.74, 6) is -0.0943. The van der Waals surface area contributed by atoms with Crippen molar-refractivity contribution in [3.05, 3.63) is 45.8 Å². The summed E-state index contributed by atoms with van der Waals surface area (Å²) in [6, 6.07) is 4.15. The minimum Gasteiger partial charge on any atom is -0.321 e. The van der Waals surface area contributed by atoms with Crippen LogP contribution in [-0.4, -0.2) is 15.7 Å².